The number of thiazole rings is 1. The highest BCUT2D eigenvalue weighted by molar-refractivity contribution is 7.99. The average molecular weight is 427 g/mol. The molecule has 6 heteroatoms. The molecule has 0 unspecified atom stereocenters. The molecule has 2 heterocycles. The minimum Gasteiger partial charge on any atom is -0.467 e. The molecule has 0 spiro atoms. The van der Waals surface area contributed by atoms with Gasteiger partial charge in [-0.2, -0.15) is 0 Å². The van der Waals surface area contributed by atoms with Crippen LogP contribution < -0.4 is 4.74 Å². The van der Waals surface area contributed by atoms with Crippen LogP contribution in [0.2, 0.25) is 0 Å². The second-order valence-electron chi connectivity index (χ2n) is 7.36. The molecule has 29 heavy (non-hydrogen) atoms. The van der Waals surface area contributed by atoms with Gasteiger partial charge in [0.1, 0.15) is 6.10 Å². The van der Waals surface area contributed by atoms with Gasteiger partial charge in [-0.05, 0) is 42.9 Å². The Morgan fingerprint density at radius 3 is 2.72 bits per heavy atom. The summed E-state index contributed by atoms with van der Waals surface area (Å²) in [5.41, 5.74) is 2.22. The van der Waals surface area contributed by atoms with E-state index in [1.165, 1.54) is 15.2 Å². The van der Waals surface area contributed by atoms with Crippen LogP contribution in [0.1, 0.15) is 31.2 Å². The van der Waals surface area contributed by atoms with Gasteiger partial charge in [-0.25, -0.2) is 4.98 Å². The Bertz CT molecular complexity index is 950. The van der Waals surface area contributed by atoms with E-state index in [1.807, 2.05) is 22.7 Å². The van der Waals surface area contributed by atoms with Crippen LogP contribution in [0.4, 0.5) is 0 Å². The molecule has 3 aromatic rings. The van der Waals surface area contributed by atoms with Crippen molar-refractivity contribution in [2.45, 2.75) is 43.6 Å². The Hall–Kier alpha value is -2.05. The highest BCUT2D eigenvalue weighted by Gasteiger charge is 2.24. The van der Waals surface area contributed by atoms with Crippen LogP contribution in [-0.4, -0.2) is 40.7 Å². The lowest BCUT2D eigenvalue weighted by molar-refractivity contribution is -0.133. The molecule has 0 saturated carbocycles. The summed E-state index contributed by atoms with van der Waals surface area (Å²) in [4.78, 5) is 20.4. The van der Waals surface area contributed by atoms with Crippen LogP contribution in [0, 0.1) is 6.92 Å². The lowest BCUT2D eigenvalue weighted by Gasteiger charge is -2.31. The van der Waals surface area contributed by atoms with E-state index in [2.05, 4.69) is 54.4 Å². The minimum absolute atomic E-state index is 0.147. The zero-order valence-electron chi connectivity index (χ0n) is 16.7. The third-order valence-electron chi connectivity index (χ3n) is 5.21. The number of hydrogen-bond donors (Lipinski definition) is 0. The number of fused-ring (bicyclic) bond motifs is 1. The van der Waals surface area contributed by atoms with Gasteiger partial charge in [-0.3, -0.25) is 4.79 Å². The number of rotatable bonds is 7. The molecular formula is C23H26N2O2S2. The summed E-state index contributed by atoms with van der Waals surface area (Å²) in [6.07, 6.45) is 3.44. The van der Waals surface area contributed by atoms with Gasteiger partial charge >= 0.3 is 0 Å². The van der Waals surface area contributed by atoms with Crippen molar-refractivity contribution in [1.82, 2.24) is 9.88 Å². The van der Waals surface area contributed by atoms with Crippen LogP contribution in [0.25, 0.3) is 10.2 Å². The maximum atomic E-state index is 12.5. The Kier molecular flexibility index (Phi) is 6.72. The predicted octanol–water partition coefficient (Wildman–Crippen LogP) is 5.55. The van der Waals surface area contributed by atoms with Crippen LogP contribution in [-0.2, 0) is 4.79 Å². The normalized spacial score (nSPS) is 15.0. The third-order valence-corrected chi connectivity index (χ3v) is 7.22. The SMILES string of the molecule is Cc1cccc2sc(OC3CCN(C(=O)CCCSc4ccccc4)CC3)nc12. The molecule has 152 valence electrons. The number of aromatic nitrogens is 1. The maximum absolute atomic E-state index is 12.5. The van der Waals surface area contributed by atoms with Gasteiger partial charge in [0, 0.05) is 37.2 Å². The predicted molar refractivity (Wildman–Crippen MR) is 121 cm³/mol. The van der Waals surface area contributed by atoms with Crippen molar-refractivity contribution in [3.05, 3.63) is 54.1 Å². The zero-order chi connectivity index (χ0) is 20.1. The summed E-state index contributed by atoms with van der Waals surface area (Å²) < 4.78 is 7.30. The molecule has 1 fully saturated rings. The number of aryl methyl sites for hydroxylation is 1. The van der Waals surface area contributed by atoms with Gasteiger partial charge in [-0.1, -0.05) is 41.7 Å². The van der Waals surface area contributed by atoms with E-state index in [0.29, 0.717) is 6.42 Å². The van der Waals surface area contributed by atoms with Gasteiger partial charge in [-0.15, -0.1) is 11.8 Å². The van der Waals surface area contributed by atoms with Crippen molar-refractivity contribution in [1.29, 1.82) is 0 Å². The number of benzene rings is 2. The molecule has 4 rings (SSSR count). The van der Waals surface area contributed by atoms with Crippen LogP contribution in [0.3, 0.4) is 0 Å². The topological polar surface area (TPSA) is 42.4 Å². The molecule has 1 amide bonds. The first kappa shape index (κ1) is 20.2. The van der Waals surface area contributed by atoms with E-state index in [9.17, 15) is 4.79 Å². The van der Waals surface area contributed by atoms with E-state index >= 15 is 0 Å². The van der Waals surface area contributed by atoms with Crippen molar-refractivity contribution in [2.24, 2.45) is 0 Å². The Balaban J connectivity index is 1.19. The Labute approximate surface area is 180 Å². The van der Waals surface area contributed by atoms with Crippen LogP contribution in [0.15, 0.2) is 53.4 Å². The second-order valence-corrected chi connectivity index (χ2v) is 9.53. The Morgan fingerprint density at radius 1 is 1.17 bits per heavy atom. The average Bonchev–Trinajstić information content (AvgIpc) is 3.16. The number of likely N-dealkylation sites (tertiary alicyclic amines) is 1. The summed E-state index contributed by atoms with van der Waals surface area (Å²) in [7, 11) is 0. The number of para-hydroxylation sites is 1. The molecule has 1 saturated heterocycles. The summed E-state index contributed by atoms with van der Waals surface area (Å²) in [5.74, 6) is 1.25. The molecule has 0 radical (unpaired) electrons. The maximum Gasteiger partial charge on any atom is 0.274 e. The summed E-state index contributed by atoms with van der Waals surface area (Å²) >= 11 is 3.42. The first-order valence-electron chi connectivity index (χ1n) is 10.2. The monoisotopic (exact) mass is 426 g/mol. The van der Waals surface area contributed by atoms with Crippen molar-refractivity contribution >= 4 is 39.2 Å². The van der Waals surface area contributed by atoms with Gasteiger partial charge in [0.05, 0.1) is 10.2 Å². The van der Waals surface area contributed by atoms with E-state index in [4.69, 9.17) is 4.74 Å². The lowest BCUT2D eigenvalue weighted by Crippen LogP contribution is -2.41. The molecule has 0 atom stereocenters. The highest BCUT2D eigenvalue weighted by Crippen LogP contribution is 2.31. The zero-order valence-corrected chi connectivity index (χ0v) is 18.3. The summed E-state index contributed by atoms with van der Waals surface area (Å²) in [5, 5.41) is 0.747. The third kappa shape index (κ3) is 5.31. The number of hydrogen-bond acceptors (Lipinski definition) is 5. The molecule has 0 bridgehead atoms. The van der Waals surface area contributed by atoms with Crippen LogP contribution >= 0.6 is 23.1 Å². The summed E-state index contributed by atoms with van der Waals surface area (Å²) in [6, 6.07) is 16.6. The number of carbonyl (C=O) groups excluding carboxylic acids is 1. The van der Waals surface area contributed by atoms with E-state index in [0.717, 1.165) is 48.8 Å². The van der Waals surface area contributed by atoms with Gasteiger partial charge < -0.3 is 9.64 Å². The number of thioether (sulfide) groups is 1. The standard InChI is InChI=1S/C23H26N2O2S2/c1-17-7-5-10-20-22(17)24-23(29-20)27-18-12-14-25(15-13-18)21(26)11-6-16-28-19-8-3-2-4-9-19/h2-5,7-10,18H,6,11-16H2,1H3. The smallest absolute Gasteiger partial charge is 0.274 e. The van der Waals surface area contributed by atoms with Crippen molar-refractivity contribution in [3.8, 4) is 5.19 Å². The molecule has 4 nitrogen and oxygen atoms in total. The van der Waals surface area contributed by atoms with Crippen molar-refractivity contribution < 1.29 is 9.53 Å². The molecule has 0 aliphatic carbocycles. The van der Waals surface area contributed by atoms with E-state index in [1.54, 1.807) is 11.3 Å². The Morgan fingerprint density at radius 2 is 1.97 bits per heavy atom. The first-order valence-corrected chi connectivity index (χ1v) is 12.0. The molecule has 0 N–H and O–H groups in total. The lowest BCUT2D eigenvalue weighted by atomic mass is 10.1. The van der Waals surface area contributed by atoms with Crippen LogP contribution in [0.5, 0.6) is 5.19 Å². The van der Waals surface area contributed by atoms with Gasteiger partial charge in [0.15, 0.2) is 0 Å². The quantitative estimate of drug-likeness (QED) is 0.367. The number of carbonyl (C=O) groups is 1. The van der Waals surface area contributed by atoms with Crippen molar-refractivity contribution in [3.63, 3.8) is 0 Å². The number of amides is 1. The molecule has 2 aromatic carbocycles. The molecule has 1 aliphatic heterocycles. The number of piperidine rings is 1. The fourth-order valence-corrected chi connectivity index (χ4v) is 5.40. The largest absolute Gasteiger partial charge is 0.467 e. The molecular weight excluding hydrogens is 400 g/mol. The van der Waals surface area contributed by atoms with E-state index in [-0.39, 0.29) is 12.0 Å². The fraction of sp³-hybridized carbons (Fsp3) is 0.391. The first-order chi connectivity index (χ1) is 14.2. The van der Waals surface area contributed by atoms with Gasteiger partial charge in [0.2, 0.25) is 5.91 Å². The fourth-order valence-electron chi connectivity index (χ4n) is 3.57. The molecule has 1 aromatic heterocycles. The summed E-state index contributed by atoms with van der Waals surface area (Å²) in [6.45, 7) is 3.63. The van der Waals surface area contributed by atoms with Crippen molar-refractivity contribution in [2.75, 3.05) is 18.8 Å². The number of ether oxygens (including phenoxy) is 1. The van der Waals surface area contributed by atoms with E-state index < -0.39 is 0 Å². The highest BCUT2D eigenvalue weighted by atomic mass is 32.2. The molecule has 1 aliphatic rings. The van der Waals surface area contributed by atoms with Gasteiger partial charge in [0.25, 0.3) is 5.19 Å². The minimum atomic E-state index is 0.147. The second kappa shape index (κ2) is 9.63. The number of nitrogens with zero attached hydrogens (tertiary/aromatic N) is 2.